The second kappa shape index (κ2) is 7.40. The Labute approximate surface area is 114 Å². The fourth-order valence-corrected chi connectivity index (χ4v) is 2.96. The van der Waals surface area contributed by atoms with Crippen molar-refractivity contribution < 1.29 is 4.79 Å². The van der Waals surface area contributed by atoms with Gasteiger partial charge >= 0.3 is 0 Å². The van der Waals surface area contributed by atoms with Gasteiger partial charge in [-0.2, -0.15) is 0 Å². The maximum absolute atomic E-state index is 11.9. The van der Waals surface area contributed by atoms with Crippen LogP contribution in [0.15, 0.2) is 0 Å². The number of nitrogens with one attached hydrogen (secondary N) is 1. The van der Waals surface area contributed by atoms with E-state index >= 15 is 0 Å². The van der Waals surface area contributed by atoms with Crippen molar-refractivity contribution in [2.24, 2.45) is 5.92 Å². The largest absolute Gasteiger partial charge is 0.350 e. The lowest BCUT2D eigenvalue weighted by atomic mass is 9.86. The molecule has 1 amide bonds. The fourth-order valence-electron chi connectivity index (χ4n) is 2.43. The maximum atomic E-state index is 11.9. The molecule has 0 saturated heterocycles. The number of carbonyl (C=O) groups excluding carboxylic acids is 1. The second-order valence-electron chi connectivity index (χ2n) is 5.64. The normalized spacial score (nSPS) is 20.9. The monoisotopic (exact) mass is 303 g/mol. The van der Waals surface area contributed by atoms with Crippen LogP contribution in [0.2, 0.25) is 0 Å². The Hall–Kier alpha value is -0.0500. The van der Waals surface area contributed by atoms with E-state index in [2.05, 4.69) is 35.1 Å². The third kappa shape index (κ3) is 5.41. The molecule has 2 nitrogen and oxygen atoms in total. The van der Waals surface area contributed by atoms with E-state index in [1.807, 2.05) is 0 Å². The fraction of sp³-hybridized carbons (Fsp3) is 0.929. The quantitative estimate of drug-likeness (QED) is 0.738. The molecule has 1 fully saturated rings. The van der Waals surface area contributed by atoms with Crippen molar-refractivity contribution in [3.05, 3.63) is 0 Å². The Bertz CT molecular complexity index is 232. The summed E-state index contributed by atoms with van der Waals surface area (Å²) in [5.41, 5.74) is -0.0797. The van der Waals surface area contributed by atoms with Crippen molar-refractivity contribution in [2.75, 3.05) is 5.33 Å². The summed E-state index contributed by atoms with van der Waals surface area (Å²) in [6.45, 7) is 4.21. The third-order valence-corrected chi connectivity index (χ3v) is 5.26. The molecule has 0 aromatic carbocycles. The summed E-state index contributed by atoms with van der Waals surface area (Å²) in [5, 5.41) is 3.97. The van der Waals surface area contributed by atoms with Gasteiger partial charge in [-0.3, -0.25) is 4.79 Å². The van der Waals surface area contributed by atoms with Gasteiger partial charge in [0.1, 0.15) is 0 Å². The first-order valence-electron chi connectivity index (χ1n) is 6.96. The first kappa shape index (κ1) is 15.0. The summed E-state index contributed by atoms with van der Waals surface area (Å²) < 4.78 is 0. The lowest BCUT2D eigenvalue weighted by Gasteiger charge is -2.28. The van der Waals surface area contributed by atoms with Crippen molar-refractivity contribution in [3.8, 4) is 0 Å². The van der Waals surface area contributed by atoms with Crippen molar-refractivity contribution >= 4 is 21.8 Å². The van der Waals surface area contributed by atoms with Gasteiger partial charge in [-0.15, -0.1) is 0 Å². The molecular weight excluding hydrogens is 278 g/mol. The van der Waals surface area contributed by atoms with Crippen molar-refractivity contribution in [1.29, 1.82) is 0 Å². The summed E-state index contributed by atoms with van der Waals surface area (Å²) >= 11 is 3.47. The zero-order valence-corrected chi connectivity index (χ0v) is 12.8. The molecule has 0 heterocycles. The smallest absolute Gasteiger partial charge is 0.220 e. The molecule has 1 N–H and O–H groups in total. The van der Waals surface area contributed by atoms with E-state index in [-0.39, 0.29) is 11.4 Å². The average Bonchev–Trinajstić information content (AvgIpc) is 2.37. The molecule has 1 aliphatic rings. The van der Waals surface area contributed by atoms with Crippen molar-refractivity contribution in [1.82, 2.24) is 5.32 Å². The Morgan fingerprint density at radius 2 is 2.00 bits per heavy atom. The topological polar surface area (TPSA) is 29.1 Å². The molecule has 1 saturated carbocycles. The summed E-state index contributed by atoms with van der Waals surface area (Å²) in [5.74, 6) is 1.02. The van der Waals surface area contributed by atoms with Crippen molar-refractivity contribution in [2.45, 2.75) is 70.8 Å². The molecule has 1 aliphatic carbocycles. The Morgan fingerprint density at radius 1 is 1.35 bits per heavy atom. The lowest BCUT2D eigenvalue weighted by Crippen LogP contribution is -2.47. The van der Waals surface area contributed by atoms with Crippen LogP contribution in [0.4, 0.5) is 0 Å². The highest BCUT2D eigenvalue weighted by atomic mass is 79.9. The Balaban J connectivity index is 2.24. The zero-order valence-electron chi connectivity index (χ0n) is 11.2. The van der Waals surface area contributed by atoms with Crippen LogP contribution in [0.25, 0.3) is 0 Å². The van der Waals surface area contributed by atoms with Crippen molar-refractivity contribution in [3.63, 3.8) is 0 Å². The van der Waals surface area contributed by atoms with Gasteiger partial charge in [-0.05, 0) is 25.7 Å². The molecule has 1 rings (SSSR count). The van der Waals surface area contributed by atoms with E-state index in [4.69, 9.17) is 0 Å². The van der Waals surface area contributed by atoms with Crippen LogP contribution in [-0.4, -0.2) is 16.8 Å². The molecule has 0 bridgehead atoms. The van der Waals surface area contributed by atoms with Crippen LogP contribution in [0.3, 0.4) is 0 Å². The first-order valence-corrected chi connectivity index (χ1v) is 8.09. The standard InChI is InChI=1S/C14H26BrNO/c1-3-14(2,11-15)16-13(17)10-9-12-7-5-4-6-8-12/h12H,3-11H2,1-2H3,(H,16,17). The maximum Gasteiger partial charge on any atom is 0.220 e. The SMILES string of the molecule is CCC(C)(CBr)NC(=O)CCC1CCCCC1. The number of hydrogen-bond acceptors (Lipinski definition) is 1. The third-order valence-electron chi connectivity index (χ3n) is 4.02. The van der Waals surface area contributed by atoms with Gasteiger partial charge in [0.25, 0.3) is 0 Å². The van der Waals surface area contributed by atoms with Gasteiger partial charge in [0.05, 0.1) is 0 Å². The minimum atomic E-state index is -0.0797. The predicted molar refractivity (Wildman–Crippen MR) is 76.4 cm³/mol. The summed E-state index contributed by atoms with van der Waals surface area (Å²) in [6.07, 6.45) is 9.52. The van der Waals surface area contributed by atoms with Crippen LogP contribution >= 0.6 is 15.9 Å². The van der Waals surface area contributed by atoms with E-state index in [1.165, 1.54) is 32.1 Å². The lowest BCUT2D eigenvalue weighted by molar-refractivity contribution is -0.123. The highest BCUT2D eigenvalue weighted by molar-refractivity contribution is 9.09. The van der Waals surface area contributed by atoms with Crippen LogP contribution < -0.4 is 5.32 Å². The van der Waals surface area contributed by atoms with Gasteiger partial charge in [-0.1, -0.05) is 55.0 Å². The van der Waals surface area contributed by atoms with E-state index in [0.717, 1.165) is 24.1 Å². The second-order valence-corrected chi connectivity index (χ2v) is 6.20. The van der Waals surface area contributed by atoms with Gasteiger partial charge in [-0.25, -0.2) is 0 Å². The van der Waals surface area contributed by atoms with Gasteiger partial charge in [0.15, 0.2) is 0 Å². The number of halogens is 1. The van der Waals surface area contributed by atoms with Crippen LogP contribution in [-0.2, 0) is 4.79 Å². The van der Waals surface area contributed by atoms with E-state index in [1.54, 1.807) is 0 Å². The molecule has 0 aromatic heterocycles. The average molecular weight is 304 g/mol. The first-order chi connectivity index (χ1) is 8.09. The molecule has 100 valence electrons. The molecule has 0 aliphatic heterocycles. The summed E-state index contributed by atoms with van der Waals surface area (Å²) in [4.78, 5) is 11.9. The Kier molecular flexibility index (Phi) is 6.53. The zero-order chi connectivity index (χ0) is 12.7. The molecule has 1 atom stereocenters. The number of alkyl halides is 1. The molecule has 0 aromatic rings. The molecular formula is C14H26BrNO. The van der Waals surface area contributed by atoms with Gasteiger partial charge in [0, 0.05) is 17.3 Å². The summed E-state index contributed by atoms with van der Waals surface area (Å²) in [7, 11) is 0. The summed E-state index contributed by atoms with van der Waals surface area (Å²) in [6, 6.07) is 0. The van der Waals surface area contributed by atoms with Crippen LogP contribution in [0, 0.1) is 5.92 Å². The number of hydrogen-bond donors (Lipinski definition) is 1. The van der Waals surface area contributed by atoms with Gasteiger partial charge in [0.2, 0.25) is 5.91 Å². The van der Waals surface area contributed by atoms with Crippen LogP contribution in [0.5, 0.6) is 0 Å². The predicted octanol–water partition coefficient (Wildman–Crippen LogP) is 4.03. The highest BCUT2D eigenvalue weighted by Gasteiger charge is 2.23. The minimum Gasteiger partial charge on any atom is -0.350 e. The molecule has 1 unspecified atom stereocenters. The molecule has 3 heteroatoms. The minimum absolute atomic E-state index is 0.0797. The number of amides is 1. The highest BCUT2D eigenvalue weighted by Crippen LogP contribution is 2.27. The van der Waals surface area contributed by atoms with E-state index < -0.39 is 0 Å². The Morgan fingerprint density at radius 3 is 2.53 bits per heavy atom. The van der Waals surface area contributed by atoms with Crippen LogP contribution in [0.1, 0.15) is 65.2 Å². The molecule has 0 radical (unpaired) electrons. The molecule has 17 heavy (non-hydrogen) atoms. The number of carbonyl (C=O) groups is 1. The van der Waals surface area contributed by atoms with E-state index in [0.29, 0.717) is 6.42 Å². The van der Waals surface area contributed by atoms with Gasteiger partial charge < -0.3 is 5.32 Å². The molecule has 0 spiro atoms. The number of rotatable bonds is 6. The van der Waals surface area contributed by atoms with E-state index in [9.17, 15) is 4.79 Å².